The van der Waals surface area contributed by atoms with Crippen molar-refractivity contribution in [2.45, 2.75) is 94.7 Å². The van der Waals surface area contributed by atoms with E-state index in [0.717, 1.165) is 35.3 Å². The molecular weight excluding hydrogens is 655 g/mol. The summed E-state index contributed by atoms with van der Waals surface area (Å²) in [7, 11) is -1.54. The van der Waals surface area contributed by atoms with Crippen molar-refractivity contribution in [3.63, 3.8) is 0 Å². The zero-order chi connectivity index (χ0) is 35.6. The summed E-state index contributed by atoms with van der Waals surface area (Å²) in [6.45, 7) is 7.16. The minimum absolute atomic E-state index is 0.0668. The number of methoxy groups -OCH3 is 1. The maximum atomic E-state index is 14.8. The second-order valence-electron chi connectivity index (χ2n) is 14.4. The maximum absolute atomic E-state index is 14.8. The number of benzene rings is 2. The molecular formula is C37H49N5O7Si. The number of rotatable bonds is 13. The summed E-state index contributed by atoms with van der Waals surface area (Å²) in [5.41, 5.74) is 2.18. The Bertz CT molecular complexity index is 1690. The van der Waals surface area contributed by atoms with Crippen molar-refractivity contribution in [1.82, 2.24) is 15.0 Å². The molecule has 0 radical (unpaired) electrons. The Morgan fingerprint density at radius 3 is 2.60 bits per heavy atom. The second kappa shape index (κ2) is 14.7. The number of hydrogen-bond acceptors (Lipinski definition) is 9. The van der Waals surface area contributed by atoms with Crippen molar-refractivity contribution in [3.05, 3.63) is 71.5 Å². The highest BCUT2D eigenvalue weighted by molar-refractivity contribution is 6.71. The van der Waals surface area contributed by atoms with Gasteiger partial charge >= 0.3 is 5.97 Å². The highest BCUT2D eigenvalue weighted by Crippen LogP contribution is 2.60. The molecule has 2 fully saturated rings. The van der Waals surface area contributed by atoms with Crippen LogP contribution in [0.4, 0.5) is 11.4 Å². The van der Waals surface area contributed by atoms with Crippen molar-refractivity contribution < 1.29 is 33.8 Å². The minimum atomic E-state index is -2.91. The quantitative estimate of drug-likeness (QED) is 0.149. The Morgan fingerprint density at radius 2 is 1.90 bits per heavy atom. The topological polar surface area (TPSA) is 147 Å². The number of aliphatic hydroxyl groups excluding tert-OH is 1. The van der Waals surface area contributed by atoms with Gasteiger partial charge in [0.2, 0.25) is 5.91 Å². The Hall–Kier alpha value is -3.91. The number of ether oxygens (including phenoxy) is 2. The number of aromatic nitrogens is 3. The van der Waals surface area contributed by atoms with Crippen LogP contribution in [0.5, 0.6) is 0 Å². The van der Waals surface area contributed by atoms with E-state index in [1.54, 1.807) is 14.5 Å². The van der Waals surface area contributed by atoms with Crippen LogP contribution in [-0.2, 0) is 36.0 Å². The smallest absolute Gasteiger partial charge is 0.305 e. The number of unbranched alkanes of at least 4 members (excludes halogenated alkanes) is 1. The van der Waals surface area contributed by atoms with Crippen molar-refractivity contribution in [2.24, 2.45) is 5.92 Å². The van der Waals surface area contributed by atoms with Gasteiger partial charge in [-0.3, -0.25) is 19.1 Å². The molecule has 3 aromatic rings. The summed E-state index contributed by atoms with van der Waals surface area (Å²) < 4.78 is 13.6. The SMILES string of the molecule is COC(=O)CCCCN1C(=O)[C@]2(O[C@H](CCn3cc(C(CO)c4ccccc4)nn3)[C@@H]([Si](C)(C)O)[C@@H]2C)c2cc(N3CCCCC3=O)ccc21. The number of piperidine rings is 1. The van der Waals surface area contributed by atoms with E-state index < -0.39 is 20.0 Å². The standard InChI is InChI=1S/C37H49N5O7Si/c1-25-35(50(3,4)47)32(18-21-40-23-30(38-39-40)28(24-43)26-12-6-5-7-13-26)49-37(25)29-22-27(41-19-10-8-14-33(41)44)16-17-31(29)42(36(37)46)20-11-9-15-34(45)48-2/h5-7,12-13,16-17,22-23,25,28,32,35,43,47H,8-11,14-15,18-21,24H2,1-4H3/t25-,28?,32+,35-,37+/m0/s1. The van der Waals surface area contributed by atoms with Gasteiger partial charge in [0.05, 0.1) is 37.1 Å². The molecule has 12 nitrogen and oxygen atoms in total. The minimum Gasteiger partial charge on any atom is -0.469 e. The first-order valence-corrected chi connectivity index (χ1v) is 20.8. The van der Waals surface area contributed by atoms with Gasteiger partial charge in [-0.25, -0.2) is 0 Å². The van der Waals surface area contributed by atoms with Crippen molar-refractivity contribution in [2.75, 3.05) is 36.6 Å². The molecule has 2 saturated heterocycles. The maximum Gasteiger partial charge on any atom is 0.305 e. The number of aliphatic hydroxyl groups is 1. The summed E-state index contributed by atoms with van der Waals surface area (Å²) >= 11 is 0. The van der Waals surface area contributed by atoms with E-state index in [0.29, 0.717) is 51.0 Å². The first-order valence-electron chi connectivity index (χ1n) is 17.8. The first kappa shape index (κ1) is 35.9. The summed E-state index contributed by atoms with van der Waals surface area (Å²) in [5.74, 6) is -1.06. The molecule has 1 unspecified atom stereocenters. The molecule has 268 valence electrons. The van der Waals surface area contributed by atoms with Gasteiger partial charge in [-0.1, -0.05) is 42.5 Å². The molecule has 3 aliphatic heterocycles. The van der Waals surface area contributed by atoms with E-state index in [-0.39, 0.29) is 48.2 Å². The molecule has 13 heteroatoms. The molecule has 2 N–H and O–H groups in total. The number of hydrogen-bond donors (Lipinski definition) is 2. The number of carbonyl (C=O) groups is 3. The van der Waals surface area contributed by atoms with Crippen molar-refractivity contribution >= 4 is 37.5 Å². The first-order chi connectivity index (χ1) is 24.0. The van der Waals surface area contributed by atoms with Crippen LogP contribution in [0.2, 0.25) is 18.6 Å². The van der Waals surface area contributed by atoms with E-state index in [1.807, 2.05) is 74.7 Å². The molecule has 0 aliphatic carbocycles. The fourth-order valence-electron chi connectivity index (χ4n) is 8.34. The van der Waals surface area contributed by atoms with E-state index in [9.17, 15) is 24.3 Å². The van der Waals surface area contributed by atoms with Crippen molar-refractivity contribution in [3.8, 4) is 0 Å². The molecule has 5 atom stereocenters. The molecule has 6 rings (SSSR count). The summed E-state index contributed by atoms with van der Waals surface area (Å²) in [6, 6.07) is 15.5. The van der Waals surface area contributed by atoms with E-state index in [2.05, 4.69) is 10.3 Å². The van der Waals surface area contributed by atoms with Crippen LogP contribution in [0.25, 0.3) is 0 Å². The van der Waals surface area contributed by atoms with Gasteiger partial charge in [-0.2, -0.15) is 0 Å². The summed E-state index contributed by atoms with van der Waals surface area (Å²) in [4.78, 5) is 54.9. The number of fused-ring (bicyclic) bond motifs is 2. The Morgan fingerprint density at radius 1 is 1.12 bits per heavy atom. The number of aryl methyl sites for hydroxylation is 1. The van der Waals surface area contributed by atoms with Crippen LogP contribution in [-0.4, -0.2) is 83.9 Å². The number of anilines is 2. The van der Waals surface area contributed by atoms with E-state index in [1.165, 1.54) is 7.11 Å². The molecule has 50 heavy (non-hydrogen) atoms. The predicted molar refractivity (Wildman–Crippen MR) is 190 cm³/mol. The summed E-state index contributed by atoms with van der Waals surface area (Å²) in [5, 5.41) is 18.9. The van der Waals surface area contributed by atoms with Crippen LogP contribution in [0.1, 0.15) is 74.6 Å². The van der Waals surface area contributed by atoms with Crippen LogP contribution < -0.4 is 9.80 Å². The third-order valence-corrected chi connectivity index (χ3v) is 13.3. The molecule has 3 aliphatic rings. The fraction of sp³-hybridized carbons (Fsp3) is 0.541. The zero-order valence-electron chi connectivity index (χ0n) is 29.5. The van der Waals surface area contributed by atoms with Gasteiger partial charge in [0.15, 0.2) is 13.9 Å². The van der Waals surface area contributed by atoms with Gasteiger partial charge in [0, 0.05) is 61.4 Å². The Kier molecular flexibility index (Phi) is 10.6. The molecule has 2 amide bonds. The second-order valence-corrected chi connectivity index (χ2v) is 18.4. The van der Waals surface area contributed by atoms with Crippen LogP contribution in [0.3, 0.4) is 0 Å². The number of nitrogens with zero attached hydrogens (tertiary/aromatic N) is 5. The highest BCUT2D eigenvalue weighted by Gasteiger charge is 2.66. The highest BCUT2D eigenvalue weighted by atomic mass is 28.4. The number of esters is 1. The largest absolute Gasteiger partial charge is 0.469 e. The number of amides is 2. The molecule has 4 heterocycles. The number of carbonyl (C=O) groups excluding carboxylic acids is 3. The van der Waals surface area contributed by atoms with Crippen molar-refractivity contribution in [1.29, 1.82) is 0 Å². The Balaban J connectivity index is 1.31. The van der Waals surface area contributed by atoms with Gasteiger partial charge in [0.25, 0.3) is 5.91 Å². The van der Waals surface area contributed by atoms with Gasteiger partial charge in [0.1, 0.15) is 0 Å². The molecule has 2 aromatic carbocycles. The molecule has 1 spiro atoms. The molecule has 0 bridgehead atoms. The van der Waals surface area contributed by atoms with Gasteiger partial charge < -0.3 is 29.2 Å². The average molecular weight is 704 g/mol. The van der Waals surface area contributed by atoms with Crippen LogP contribution in [0, 0.1) is 5.92 Å². The van der Waals surface area contributed by atoms with Gasteiger partial charge in [-0.05, 0) is 69.0 Å². The Labute approximate surface area is 294 Å². The third kappa shape index (κ3) is 6.75. The molecule has 1 aromatic heterocycles. The fourth-order valence-corrected chi connectivity index (χ4v) is 10.9. The normalized spacial score (nSPS) is 24.2. The average Bonchev–Trinajstić information content (AvgIpc) is 3.76. The van der Waals surface area contributed by atoms with E-state index >= 15 is 0 Å². The summed E-state index contributed by atoms with van der Waals surface area (Å²) in [6.07, 6.45) is 5.56. The lowest BCUT2D eigenvalue weighted by molar-refractivity contribution is -0.146. The van der Waals surface area contributed by atoms with Crippen LogP contribution >= 0.6 is 0 Å². The third-order valence-electron chi connectivity index (χ3n) is 10.8. The lowest BCUT2D eigenvalue weighted by Gasteiger charge is -2.33. The van der Waals surface area contributed by atoms with Crippen LogP contribution in [0.15, 0.2) is 54.7 Å². The lowest BCUT2D eigenvalue weighted by Crippen LogP contribution is -2.46. The molecule has 0 saturated carbocycles. The lowest BCUT2D eigenvalue weighted by atomic mass is 9.82. The predicted octanol–water partition coefficient (Wildman–Crippen LogP) is 4.50. The zero-order valence-corrected chi connectivity index (χ0v) is 30.5. The van der Waals surface area contributed by atoms with E-state index in [4.69, 9.17) is 9.47 Å². The van der Waals surface area contributed by atoms with Gasteiger partial charge in [-0.15, -0.1) is 5.10 Å². The monoisotopic (exact) mass is 703 g/mol.